The lowest BCUT2D eigenvalue weighted by Crippen LogP contribution is -2.64. The topological polar surface area (TPSA) is 77.2 Å². The number of halogens is 3. The van der Waals surface area contributed by atoms with Gasteiger partial charge < -0.3 is 14.2 Å². The van der Waals surface area contributed by atoms with Crippen LogP contribution < -0.4 is 5.32 Å². The lowest BCUT2D eigenvalue weighted by Gasteiger charge is -2.33. The summed E-state index contributed by atoms with van der Waals surface area (Å²) in [5.74, 6) is -1.60. The van der Waals surface area contributed by atoms with Gasteiger partial charge in [-0.1, -0.05) is 30.3 Å². The number of nitrogens with one attached hydrogen (secondary N) is 1. The highest BCUT2D eigenvalue weighted by molar-refractivity contribution is 5.86. The van der Waals surface area contributed by atoms with Gasteiger partial charge in [-0.05, 0) is 18.4 Å². The van der Waals surface area contributed by atoms with Crippen LogP contribution in [0.2, 0.25) is 0 Å². The molecule has 1 amide bonds. The molecule has 1 N–H and O–H groups in total. The molecule has 0 aromatic heterocycles. The SMILES string of the molecule is COC(=O)C(CCC1CO1)(NC(=O)OCc1ccccc1)C(F)(F)F. The summed E-state index contributed by atoms with van der Waals surface area (Å²) in [5.41, 5.74) is -2.58. The van der Waals surface area contributed by atoms with Crippen LogP contribution in [0.4, 0.5) is 18.0 Å². The molecule has 0 bridgehead atoms. The second kappa shape index (κ2) is 7.73. The van der Waals surface area contributed by atoms with Crippen LogP contribution in [-0.2, 0) is 25.6 Å². The second-order valence-electron chi connectivity index (χ2n) is 5.58. The predicted octanol–water partition coefficient (Wildman–Crippen LogP) is 2.57. The molecule has 2 unspecified atom stereocenters. The Bertz CT molecular complexity index is 604. The zero-order chi connectivity index (χ0) is 18.5. The molecule has 1 aromatic carbocycles. The molecule has 2 atom stereocenters. The van der Waals surface area contributed by atoms with E-state index in [0.717, 1.165) is 7.11 Å². The molecule has 1 saturated heterocycles. The third-order valence-corrected chi connectivity index (χ3v) is 3.79. The monoisotopic (exact) mass is 361 g/mol. The van der Waals surface area contributed by atoms with Gasteiger partial charge in [0.05, 0.1) is 19.8 Å². The quantitative estimate of drug-likeness (QED) is 0.597. The van der Waals surface area contributed by atoms with Crippen molar-refractivity contribution in [1.29, 1.82) is 0 Å². The van der Waals surface area contributed by atoms with Crippen LogP contribution in [0.1, 0.15) is 18.4 Å². The Kier molecular flexibility index (Phi) is 5.89. The van der Waals surface area contributed by atoms with E-state index in [9.17, 15) is 22.8 Å². The number of ether oxygens (including phenoxy) is 3. The number of benzene rings is 1. The van der Waals surface area contributed by atoms with Crippen molar-refractivity contribution in [3.05, 3.63) is 35.9 Å². The van der Waals surface area contributed by atoms with Crippen LogP contribution in [0, 0.1) is 0 Å². The lowest BCUT2D eigenvalue weighted by atomic mass is 9.91. The number of carbonyl (C=O) groups is 2. The van der Waals surface area contributed by atoms with Crippen LogP contribution >= 0.6 is 0 Å². The molecule has 25 heavy (non-hydrogen) atoms. The number of methoxy groups -OCH3 is 1. The van der Waals surface area contributed by atoms with Crippen LogP contribution in [0.3, 0.4) is 0 Å². The summed E-state index contributed by atoms with van der Waals surface area (Å²) in [4.78, 5) is 23.8. The van der Waals surface area contributed by atoms with Gasteiger partial charge in [0.1, 0.15) is 6.61 Å². The zero-order valence-corrected chi connectivity index (χ0v) is 13.5. The van der Waals surface area contributed by atoms with Crippen molar-refractivity contribution < 1.29 is 37.0 Å². The van der Waals surface area contributed by atoms with Crippen molar-refractivity contribution in [3.63, 3.8) is 0 Å². The summed E-state index contributed by atoms with van der Waals surface area (Å²) in [7, 11) is 0.827. The van der Waals surface area contributed by atoms with Crippen molar-refractivity contribution in [2.45, 2.75) is 37.3 Å². The maximum absolute atomic E-state index is 13.6. The molecule has 0 saturated carbocycles. The smallest absolute Gasteiger partial charge is 0.422 e. The Morgan fingerprint density at radius 3 is 2.44 bits per heavy atom. The van der Waals surface area contributed by atoms with Crippen molar-refractivity contribution >= 4 is 12.1 Å². The van der Waals surface area contributed by atoms with E-state index in [0.29, 0.717) is 12.2 Å². The highest BCUT2D eigenvalue weighted by atomic mass is 19.4. The van der Waals surface area contributed by atoms with Gasteiger partial charge in [0.25, 0.3) is 0 Å². The fourth-order valence-electron chi connectivity index (χ4n) is 2.26. The summed E-state index contributed by atoms with van der Waals surface area (Å²) in [6.45, 7) is 0.0983. The molecule has 0 spiro atoms. The number of epoxide rings is 1. The average molecular weight is 361 g/mol. The van der Waals surface area contributed by atoms with E-state index < -0.39 is 30.2 Å². The second-order valence-corrected chi connectivity index (χ2v) is 5.58. The van der Waals surface area contributed by atoms with Gasteiger partial charge in [-0.15, -0.1) is 0 Å². The third-order valence-electron chi connectivity index (χ3n) is 3.79. The molecule has 2 rings (SSSR count). The molecular formula is C16H18F3NO5. The van der Waals surface area contributed by atoms with E-state index in [-0.39, 0.29) is 19.1 Å². The first-order valence-corrected chi connectivity index (χ1v) is 7.54. The normalized spacial score (nSPS) is 18.8. The highest BCUT2D eigenvalue weighted by Gasteiger charge is 2.63. The largest absolute Gasteiger partial charge is 0.467 e. The van der Waals surface area contributed by atoms with Crippen molar-refractivity contribution in [1.82, 2.24) is 5.32 Å². The highest BCUT2D eigenvalue weighted by Crippen LogP contribution is 2.37. The van der Waals surface area contributed by atoms with Gasteiger partial charge in [0.15, 0.2) is 0 Å². The summed E-state index contributed by atoms with van der Waals surface area (Å²) in [5, 5.41) is 1.66. The third kappa shape index (κ3) is 4.85. The lowest BCUT2D eigenvalue weighted by molar-refractivity contribution is -0.212. The zero-order valence-electron chi connectivity index (χ0n) is 13.5. The number of alkyl carbamates (subject to hydrolysis) is 1. The molecular weight excluding hydrogens is 343 g/mol. The van der Waals surface area contributed by atoms with Gasteiger partial charge in [-0.3, -0.25) is 5.32 Å². The summed E-state index contributed by atoms with van der Waals surface area (Å²) in [6.07, 6.45) is -7.51. The molecule has 138 valence electrons. The minimum absolute atomic E-state index is 0.0480. The van der Waals surface area contributed by atoms with Crippen molar-refractivity contribution in [2.75, 3.05) is 13.7 Å². The van der Waals surface area contributed by atoms with Crippen LogP contribution in [0.5, 0.6) is 0 Å². The fraction of sp³-hybridized carbons (Fsp3) is 0.500. The van der Waals surface area contributed by atoms with E-state index in [4.69, 9.17) is 9.47 Å². The first kappa shape index (κ1) is 19.0. The van der Waals surface area contributed by atoms with E-state index in [1.165, 1.54) is 0 Å². The molecule has 6 nitrogen and oxygen atoms in total. The fourth-order valence-corrected chi connectivity index (χ4v) is 2.26. The van der Waals surface area contributed by atoms with E-state index in [2.05, 4.69) is 4.74 Å². The maximum atomic E-state index is 13.6. The molecule has 1 aliphatic rings. The van der Waals surface area contributed by atoms with Crippen LogP contribution in [-0.4, -0.2) is 43.6 Å². The number of rotatable bonds is 7. The molecule has 0 aliphatic carbocycles. The number of alkyl halides is 3. The van der Waals surface area contributed by atoms with E-state index in [1.807, 2.05) is 0 Å². The minimum Gasteiger partial charge on any atom is -0.467 e. The Hall–Kier alpha value is -2.29. The Labute approximate surface area is 142 Å². The molecule has 0 radical (unpaired) electrons. The van der Waals surface area contributed by atoms with Gasteiger partial charge in [0.2, 0.25) is 5.54 Å². The standard InChI is InChI=1S/C16H18F3NO5/c1-23-13(21)15(16(17,18)19,8-7-12-10-24-12)20-14(22)25-9-11-5-3-2-4-6-11/h2-6,12H,7-10H2,1H3,(H,20,22). The van der Waals surface area contributed by atoms with Gasteiger partial charge >= 0.3 is 18.2 Å². The average Bonchev–Trinajstić information content (AvgIpc) is 3.40. The molecule has 1 aliphatic heterocycles. The summed E-state index contributed by atoms with van der Waals surface area (Å²) < 4.78 is 54.8. The number of hydrogen-bond acceptors (Lipinski definition) is 5. The van der Waals surface area contributed by atoms with E-state index in [1.54, 1.807) is 35.6 Å². The maximum Gasteiger partial charge on any atom is 0.422 e. The minimum atomic E-state index is -5.05. The Morgan fingerprint density at radius 2 is 1.92 bits per heavy atom. The van der Waals surface area contributed by atoms with Gasteiger partial charge in [-0.2, -0.15) is 13.2 Å². The van der Waals surface area contributed by atoms with Crippen molar-refractivity contribution in [2.24, 2.45) is 0 Å². The molecule has 1 aromatic rings. The number of carbonyl (C=O) groups excluding carboxylic acids is 2. The Morgan fingerprint density at radius 1 is 1.28 bits per heavy atom. The number of esters is 1. The molecule has 1 heterocycles. The predicted molar refractivity (Wildman–Crippen MR) is 79.5 cm³/mol. The summed E-state index contributed by atoms with van der Waals surface area (Å²) >= 11 is 0. The van der Waals surface area contributed by atoms with Gasteiger partial charge in [-0.25, -0.2) is 9.59 Å². The number of hydrogen-bond donors (Lipinski definition) is 1. The van der Waals surface area contributed by atoms with Crippen LogP contribution in [0.15, 0.2) is 30.3 Å². The van der Waals surface area contributed by atoms with Gasteiger partial charge in [0, 0.05) is 0 Å². The van der Waals surface area contributed by atoms with E-state index >= 15 is 0 Å². The summed E-state index contributed by atoms with van der Waals surface area (Å²) in [6, 6.07) is 8.43. The Balaban J connectivity index is 2.09. The first-order valence-electron chi connectivity index (χ1n) is 7.54. The van der Waals surface area contributed by atoms with Crippen LogP contribution in [0.25, 0.3) is 0 Å². The first-order chi connectivity index (χ1) is 11.8. The molecule has 9 heteroatoms. The van der Waals surface area contributed by atoms with Crippen molar-refractivity contribution in [3.8, 4) is 0 Å². The molecule has 1 fully saturated rings. The number of amides is 1.